The number of thiazole rings is 1. The van der Waals surface area contributed by atoms with Crippen LogP contribution in [0.25, 0.3) is 9.53 Å². The minimum absolute atomic E-state index is 0.202. The van der Waals surface area contributed by atoms with Crippen molar-refractivity contribution in [1.82, 2.24) is 4.98 Å². The first kappa shape index (κ1) is 36.6. The van der Waals surface area contributed by atoms with E-state index in [-0.39, 0.29) is 5.75 Å². The summed E-state index contributed by atoms with van der Waals surface area (Å²) in [6.07, 6.45) is 3.51. The van der Waals surface area contributed by atoms with Gasteiger partial charge in [0.05, 0.1) is 27.4 Å². The zero-order valence-electron chi connectivity index (χ0n) is 28.6. The van der Waals surface area contributed by atoms with Crippen LogP contribution in [0.3, 0.4) is 0 Å². The van der Waals surface area contributed by atoms with Gasteiger partial charge in [-0.2, -0.15) is 10.2 Å². The molecule has 0 aliphatic carbocycles. The van der Waals surface area contributed by atoms with Crippen LogP contribution in [0.4, 0.5) is 38.6 Å². The number of nitrogens with zero attached hydrogens (tertiary/aromatic N) is 8. The predicted molar refractivity (Wildman–Crippen MR) is 206 cm³/mol. The first-order valence-electron chi connectivity index (χ1n) is 16.5. The van der Waals surface area contributed by atoms with Crippen LogP contribution in [0.1, 0.15) is 39.2 Å². The minimum Gasteiger partial charge on any atom is -0.508 e. The molecule has 260 valence electrons. The van der Waals surface area contributed by atoms with Gasteiger partial charge in [0.1, 0.15) is 21.3 Å². The first-order chi connectivity index (χ1) is 25.0. The number of hydrogen-bond donors (Lipinski definition) is 1. The summed E-state index contributed by atoms with van der Waals surface area (Å²) >= 11 is 2.94. The van der Waals surface area contributed by atoms with Crippen LogP contribution in [-0.4, -0.2) is 29.7 Å². The van der Waals surface area contributed by atoms with E-state index in [1.54, 1.807) is 48.5 Å². The number of ether oxygens (including phenoxy) is 1. The second-order valence-corrected chi connectivity index (χ2v) is 13.1. The van der Waals surface area contributed by atoms with E-state index in [1.165, 1.54) is 46.8 Å². The molecule has 0 aliphatic rings. The van der Waals surface area contributed by atoms with E-state index >= 15 is 0 Å². The van der Waals surface area contributed by atoms with Crippen molar-refractivity contribution < 1.29 is 14.6 Å². The van der Waals surface area contributed by atoms with Crippen molar-refractivity contribution in [3.05, 3.63) is 109 Å². The Kier molecular flexibility index (Phi) is 13.6. The number of aryl methyl sites for hydroxylation is 1. The van der Waals surface area contributed by atoms with Gasteiger partial charge in [0, 0.05) is 18.8 Å². The van der Waals surface area contributed by atoms with Gasteiger partial charge < -0.3 is 14.7 Å². The minimum atomic E-state index is 0.202. The van der Waals surface area contributed by atoms with E-state index < -0.39 is 0 Å². The highest BCUT2D eigenvalue weighted by Gasteiger charge is 2.08. The molecule has 0 radical (unpaired) electrons. The molecule has 0 saturated carbocycles. The highest BCUT2D eigenvalue weighted by molar-refractivity contribution is 7.30. The van der Waals surface area contributed by atoms with Crippen molar-refractivity contribution in [2.45, 2.75) is 40.0 Å². The molecule has 0 unspecified atom stereocenters. The summed E-state index contributed by atoms with van der Waals surface area (Å²) in [4.78, 5) is 17.9. The Hall–Kier alpha value is -5.66. The maximum atomic E-state index is 10.2. The number of carbonyl (C=O) groups is 1. The van der Waals surface area contributed by atoms with Crippen molar-refractivity contribution >= 4 is 77.2 Å². The second-order valence-electron chi connectivity index (χ2n) is 11.0. The van der Waals surface area contributed by atoms with E-state index in [0.29, 0.717) is 28.7 Å². The standard InChI is InChI=1S/C21H19N5OS2.C17H19N3O2/c1-2-3-4-14-5-7-15(8-6-14)23-25-19-13-18-20(29-19)22-21(28-18)26-24-16-9-11-17(27)12-10-16;1-3-20(4-2)16-9-5-14(6-10-16)18-19-15-7-11-17(12-8-15)22-13-21/h5-13,27H,2-4H2,1H3;5-13H,3-4H2,1-2H3. The smallest absolute Gasteiger partial charge is 0.298 e. The molecule has 1 N–H and O–H groups in total. The molecule has 13 heteroatoms. The Morgan fingerprint density at radius 1 is 0.706 bits per heavy atom. The molecule has 0 amide bonds. The predicted octanol–water partition coefficient (Wildman–Crippen LogP) is 12.7. The van der Waals surface area contributed by atoms with Crippen LogP contribution in [0.2, 0.25) is 0 Å². The number of aromatic hydroxyl groups is 1. The number of anilines is 1. The maximum absolute atomic E-state index is 10.2. The Morgan fingerprint density at radius 2 is 1.25 bits per heavy atom. The number of thiophene rings is 1. The summed E-state index contributed by atoms with van der Waals surface area (Å²) in [6, 6.07) is 31.6. The molecule has 0 saturated heterocycles. The van der Waals surface area contributed by atoms with E-state index in [0.717, 1.165) is 45.4 Å². The number of azo groups is 3. The molecule has 0 spiro atoms. The van der Waals surface area contributed by atoms with Crippen LogP contribution in [-0.2, 0) is 11.2 Å². The summed E-state index contributed by atoms with van der Waals surface area (Å²) in [5.41, 5.74) is 5.52. The highest BCUT2D eigenvalue weighted by Crippen LogP contribution is 2.39. The molecule has 2 aromatic heterocycles. The van der Waals surface area contributed by atoms with Gasteiger partial charge >= 0.3 is 0 Å². The number of phenols is 1. The average molecular weight is 719 g/mol. The van der Waals surface area contributed by atoms with Crippen molar-refractivity contribution in [1.29, 1.82) is 0 Å². The maximum Gasteiger partial charge on any atom is 0.298 e. The number of unbranched alkanes of at least 4 members (excludes halogenated alkanes) is 1. The van der Waals surface area contributed by atoms with Gasteiger partial charge in [0.2, 0.25) is 5.13 Å². The van der Waals surface area contributed by atoms with Crippen molar-refractivity contribution in [2.75, 3.05) is 18.0 Å². The lowest BCUT2D eigenvalue weighted by molar-refractivity contribution is -0.120. The molecule has 6 rings (SSSR count). The summed E-state index contributed by atoms with van der Waals surface area (Å²) in [6.45, 7) is 8.82. The highest BCUT2D eigenvalue weighted by atomic mass is 32.1. The fourth-order valence-corrected chi connectivity index (χ4v) is 6.57. The third-order valence-corrected chi connectivity index (χ3v) is 9.39. The topological polar surface area (TPSA) is 137 Å². The number of phenolic OH excluding ortho intramolecular Hbond substituents is 1. The van der Waals surface area contributed by atoms with Crippen LogP contribution in [0.15, 0.2) is 134 Å². The summed E-state index contributed by atoms with van der Waals surface area (Å²) in [5.74, 6) is 0.686. The SMILES string of the molecule is CCCCc1ccc(N=Nc2cc3sc(N=Nc4ccc(O)cc4)nc3s2)cc1.CCN(CC)c1ccc(N=Nc2ccc(OC=O)cc2)cc1. The molecule has 11 nitrogen and oxygen atoms in total. The van der Waals surface area contributed by atoms with Crippen LogP contribution < -0.4 is 9.64 Å². The Labute approximate surface area is 304 Å². The van der Waals surface area contributed by atoms with Gasteiger partial charge in [0.15, 0.2) is 0 Å². The van der Waals surface area contributed by atoms with Gasteiger partial charge in [-0.15, -0.1) is 20.5 Å². The second kappa shape index (κ2) is 18.9. The fourth-order valence-electron chi connectivity index (χ4n) is 4.72. The van der Waals surface area contributed by atoms with E-state index in [2.05, 4.69) is 73.5 Å². The molecule has 6 aromatic rings. The van der Waals surface area contributed by atoms with Crippen LogP contribution in [0, 0.1) is 0 Å². The molecule has 0 atom stereocenters. The van der Waals surface area contributed by atoms with E-state index in [9.17, 15) is 9.90 Å². The Morgan fingerprint density at radius 3 is 1.82 bits per heavy atom. The third kappa shape index (κ3) is 11.2. The lowest BCUT2D eigenvalue weighted by Gasteiger charge is -2.20. The Balaban J connectivity index is 0.000000206. The lowest BCUT2D eigenvalue weighted by Crippen LogP contribution is -2.21. The molecule has 0 bridgehead atoms. The quantitative estimate of drug-likeness (QED) is 0.0882. The summed E-state index contributed by atoms with van der Waals surface area (Å²) in [5, 5.41) is 36.0. The summed E-state index contributed by atoms with van der Waals surface area (Å²) < 4.78 is 5.74. The third-order valence-electron chi connectivity index (χ3n) is 7.47. The number of aromatic nitrogens is 1. The lowest BCUT2D eigenvalue weighted by atomic mass is 10.1. The average Bonchev–Trinajstić information content (AvgIpc) is 3.73. The monoisotopic (exact) mass is 718 g/mol. The van der Waals surface area contributed by atoms with E-state index in [1.807, 2.05) is 42.5 Å². The van der Waals surface area contributed by atoms with Crippen molar-refractivity contribution in [2.24, 2.45) is 30.7 Å². The molecule has 0 aliphatic heterocycles. The zero-order valence-corrected chi connectivity index (χ0v) is 30.2. The fraction of sp³-hybridized carbons (Fsp3) is 0.211. The van der Waals surface area contributed by atoms with Gasteiger partial charge in [0.25, 0.3) is 6.47 Å². The zero-order chi connectivity index (χ0) is 35.8. The largest absolute Gasteiger partial charge is 0.508 e. The molecule has 4 aromatic carbocycles. The van der Waals surface area contributed by atoms with Gasteiger partial charge in [-0.1, -0.05) is 48.2 Å². The van der Waals surface area contributed by atoms with E-state index in [4.69, 9.17) is 4.74 Å². The number of fused-ring (bicyclic) bond motifs is 1. The number of rotatable bonds is 14. The molecule has 0 fully saturated rings. The molecular formula is C38H38N8O3S2. The van der Waals surface area contributed by atoms with Crippen LogP contribution in [0.5, 0.6) is 11.5 Å². The normalized spacial score (nSPS) is 11.4. The van der Waals surface area contributed by atoms with Gasteiger partial charge in [-0.25, -0.2) is 4.98 Å². The van der Waals surface area contributed by atoms with Gasteiger partial charge in [-0.05, 0) is 123 Å². The first-order valence-corrected chi connectivity index (χ1v) is 18.2. The van der Waals surface area contributed by atoms with Gasteiger partial charge in [-0.3, -0.25) is 4.79 Å². The number of hydrogen-bond acceptors (Lipinski definition) is 13. The van der Waals surface area contributed by atoms with Crippen molar-refractivity contribution in [3.63, 3.8) is 0 Å². The van der Waals surface area contributed by atoms with Crippen LogP contribution >= 0.6 is 22.7 Å². The molecule has 2 heterocycles. The molecular weight excluding hydrogens is 681 g/mol. The number of carbonyl (C=O) groups excluding carboxylic acids is 1. The van der Waals surface area contributed by atoms with Crippen molar-refractivity contribution in [3.8, 4) is 11.5 Å². The molecule has 51 heavy (non-hydrogen) atoms. The Bertz CT molecular complexity index is 2020. The number of benzene rings is 4. The summed E-state index contributed by atoms with van der Waals surface area (Å²) in [7, 11) is 0.